The quantitative estimate of drug-likeness (QED) is 0.760. The third-order valence-electron chi connectivity index (χ3n) is 3.51. The molecule has 3 rings (SSSR count). The van der Waals surface area contributed by atoms with Crippen molar-refractivity contribution < 1.29 is 18.0 Å². The minimum atomic E-state index is -4.50. The lowest BCUT2D eigenvalue weighted by atomic mass is 10.0. The molecule has 0 saturated carbocycles. The molecule has 0 spiro atoms. The summed E-state index contributed by atoms with van der Waals surface area (Å²) in [7, 11) is 0. The van der Waals surface area contributed by atoms with E-state index in [-0.39, 0.29) is 23.5 Å². The summed E-state index contributed by atoms with van der Waals surface area (Å²) >= 11 is 0. The molecule has 1 amide bonds. The number of pyridine rings is 1. The molecule has 1 aromatic carbocycles. The zero-order valence-electron chi connectivity index (χ0n) is 12.8. The lowest BCUT2D eigenvalue weighted by molar-refractivity contribution is -0.137. The number of nitrogens with zero attached hydrogens (tertiary/aromatic N) is 2. The molecule has 3 aromatic rings. The minimum Gasteiger partial charge on any atom is -0.347 e. The van der Waals surface area contributed by atoms with Crippen molar-refractivity contribution in [3.8, 4) is 11.3 Å². The highest BCUT2D eigenvalue weighted by Gasteiger charge is 2.34. The van der Waals surface area contributed by atoms with Gasteiger partial charge >= 0.3 is 6.18 Å². The number of amides is 1. The fraction of sp³-hybridized carbons (Fsp3) is 0.118. The molecule has 0 aliphatic rings. The Hall–Kier alpha value is -3.16. The topological polar surface area (TPSA) is 70.7 Å². The number of alkyl halides is 3. The molecule has 0 radical (unpaired) electrons. The first-order valence-electron chi connectivity index (χ1n) is 7.34. The third kappa shape index (κ3) is 3.85. The number of hydrogen-bond donors (Lipinski definition) is 2. The van der Waals surface area contributed by atoms with Crippen molar-refractivity contribution in [3.05, 3.63) is 71.7 Å². The van der Waals surface area contributed by atoms with Crippen LogP contribution < -0.4 is 5.32 Å². The van der Waals surface area contributed by atoms with E-state index in [2.05, 4.69) is 20.5 Å². The summed E-state index contributed by atoms with van der Waals surface area (Å²) in [5.41, 5.74) is 0.0507. The zero-order valence-corrected chi connectivity index (χ0v) is 12.8. The second kappa shape index (κ2) is 6.76. The van der Waals surface area contributed by atoms with Gasteiger partial charge in [-0.3, -0.25) is 14.9 Å². The van der Waals surface area contributed by atoms with E-state index < -0.39 is 17.6 Å². The second-order valence-electron chi connectivity index (χ2n) is 5.25. The standard InChI is InChI=1S/C17H13F3N4O/c18-17(19,20)13-6-2-1-5-12(13)14-8-15(24-23-14)16(25)22-10-11-4-3-7-21-9-11/h1-9H,10H2,(H,22,25)(H,23,24). The first-order chi connectivity index (χ1) is 11.9. The van der Waals surface area contributed by atoms with Crippen LogP contribution in [0.25, 0.3) is 11.3 Å². The van der Waals surface area contributed by atoms with Crippen LogP contribution in [0, 0.1) is 0 Å². The SMILES string of the molecule is O=C(NCc1cccnc1)c1cc(-c2ccccc2C(F)(F)F)n[nH]1. The van der Waals surface area contributed by atoms with Gasteiger partial charge in [0.2, 0.25) is 0 Å². The summed E-state index contributed by atoms with van der Waals surface area (Å²) in [5.74, 6) is -0.466. The molecule has 8 heteroatoms. The highest BCUT2D eigenvalue weighted by molar-refractivity contribution is 5.93. The molecule has 25 heavy (non-hydrogen) atoms. The van der Waals surface area contributed by atoms with Crippen LogP contribution >= 0.6 is 0 Å². The van der Waals surface area contributed by atoms with Crippen LogP contribution in [0.2, 0.25) is 0 Å². The van der Waals surface area contributed by atoms with Crippen molar-refractivity contribution in [2.45, 2.75) is 12.7 Å². The molecule has 2 heterocycles. The monoisotopic (exact) mass is 346 g/mol. The summed E-state index contributed by atoms with van der Waals surface area (Å²) in [5, 5.41) is 8.96. The number of carbonyl (C=O) groups excluding carboxylic acids is 1. The summed E-state index contributed by atoms with van der Waals surface area (Å²) in [6, 6.07) is 9.92. The molecule has 0 fully saturated rings. The highest BCUT2D eigenvalue weighted by Crippen LogP contribution is 2.36. The Morgan fingerprint density at radius 1 is 1.16 bits per heavy atom. The van der Waals surface area contributed by atoms with Crippen LogP contribution in [0.3, 0.4) is 0 Å². The van der Waals surface area contributed by atoms with Gasteiger partial charge in [0.05, 0.1) is 11.3 Å². The van der Waals surface area contributed by atoms with Crippen LogP contribution in [0.15, 0.2) is 54.9 Å². The molecule has 0 atom stereocenters. The zero-order chi connectivity index (χ0) is 17.9. The molecule has 128 valence electrons. The highest BCUT2D eigenvalue weighted by atomic mass is 19.4. The predicted octanol–water partition coefficient (Wildman–Crippen LogP) is 3.42. The van der Waals surface area contributed by atoms with Gasteiger partial charge in [-0.15, -0.1) is 0 Å². The van der Waals surface area contributed by atoms with E-state index in [1.807, 2.05) is 0 Å². The normalized spacial score (nSPS) is 11.3. The molecule has 2 N–H and O–H groups in total. The maximum absolute atomic E-state index is 13.1. The predicted molar refractivity (Wildman–Crippen MR) is 84.4 cm³/mol. The Balaban J connectivity index is 1.78. The van der Waals surface area contributed by atoms with Crippen molar-refractivity contribution in [2.24, 2.45) is 0 Å². The van der Waals surface area contributed by atoms with Crippen LogP contribution in [0.5, 0.6) is 0 Å². The van der Waals surface area contributed by atoms with Crippen LogP contribution in [-0.4, -0.2) is 21.1 Å². The van der Waals surface area contributed by atoms with Gasteiger partial charge in [-0.1, -0.05) is 24.3 Å². The van der Waals surface area contributed by atoms with Crippen LogP contribution in [-0.2, 0) is 12.7 Å². The number of benzene rings is 1. The smallest absolute Gasteiger partial charge is 0.347 e. The van der Waals surface area contributed by atoms with E-state index in [9.17, 15) is 18.0 Å². The fourth-order valence-electron chi connectivity index (χ4n) is 2.31. The van der Waals surface area contributed by atoms with E-state index in [0.717, 1.165) is 11.6 Å². The van der Waals surface area contributed by atoms with Gasteiger partial charge in [-0.05, 0) is 23.8 Å². The molecule has 0 unspecified atom stereocenters. The number of rotatable bonds is 4. The summed E-state index contributed by atoms with van der Waals surface area (Å²) < 4.78 is 39.3. The Bertz CT molecular complexity index is 875. The van der Waals surface area contributed by atoms with E-state index >= 15 is 0 Å². The number of carbonyl (C=O) groups is 1. The van der Waals surface area contributed by atoms with E-state index in [0.29, 0.717) is 0 Å². The number of halogens is 3. The van der Waals surface area contributed by atoms with Gasteiger partial charge in [0.1, 0.15) is 5.69 Å². The van der Waals surface area contributed by atoms with E-state index in [1.54, 1.807) is 24.5 Å². The third-order valence-corrected chi connectivity index (χ3v) is 3.51. The molecule has 5 nitrogen and oxygen atoms in total. The van der Waals surface area contributed by atoms with Gasteiger partial charge in [0, 0.05) is 24.5 Å². The number of hydrogen-bond acceptors (Lipinski definition) is 3. The van der Waals surface area contributed by atoms with Gasteiger partial charge in [-0.2, -0.15) is 18.3 Å². The maximum Gasteiger partial charge on any atom is 0.417 e. The second-order valence-corrected chi connectivity index (χ2v) is 5.25. The first-order valence-corrected chi connectivity index (χ1v) is 7.34. The molecule has 0 aliphatic heterocycles. The fourth-order valence-corrected chi connectivity index (χ4v) is 2.31. The molecular weight excluding hydrogens is 333 g/mol. The van der Waals surface area contributed by atoms with Crippen molar-refractivity contribution in [3.63, 3.8) is 0 Å². The number of aromatic nitrogens is 3. The van der Waals surface area contributed by atoms with E-state index in [4.69, 9.17) is 0 Å². The van der Waals surface area contributed by atoms with E-state index in [1.165, 1.54) is 24.3 Å². The number of aromatic amines is 1. The maximum atomic E-state index is 13.1. The first kappa shape index (κ1) is 16.7. The van der Waals surface area contributed by atoms with Crippen molar-refractivity contribution in [1.29, 1.82) is 0 Å². The number of H-pyrrole nitrogens is 1. The summed E-state index contributed by atoms with van der Waals surface area (Å²) in [4.78, 5) is 16.1. The molecule has 2 aromatic heterocycles. The van der Waals surface area contributed by atoms with Crippen molar-refractivity contribution >= 4 is 5.91 Å². The molecule has 0 bridgehead atoms. The lowest BCUT2D eigenvalue weighted by Gasteiger charge is -2.10. The average molecular weight is 346 g/mol. The summed E-state index contributed by atoms with van der Waals surface area (Å²) in [6.07, 6.45) is -1.28. The van der Waals surface area contributed by atoms with Crippen LogP contribution in [0.4, 0.5) is 13.2 Å². The van der Waals surface area contributed by atoms with Crippen molar-refractivity contribution in [2.75, 3.05) is 0 Å². The van der Waals surface area contributed by atoms with Gasteiger partial charge in [0.15, 0.2) is 0 Å². The van der Waals surface area contributed by atoms with Gasteiger partial charge < -0.3 is 5.32 Å². The summed E-state index contributed by atoms with van der Waals surface area (Å²) in [6.45, 7) is 0.250. The Morgan fingerprint density at radius 3 is 2.68 bits per heavy atom. The van der Waals surface area contributed by atoms with Gasteiger partial charge in [-0.25, -0.2) is 0 Å². The Kier molecular flexibility index (Phi) is 4.51. The molecular formula is C17H13F3N4O. The lowest BCUT2D eigenvalue weighted by Crippen LogP contribution is -2.23. The molecule has 0 aliphatic carbocycles. The van der Waals surface area contributed by atoms with Crippen molar-refractivity contribution in [1.82, 2.24) is 20.5 Å². The average Bonchev–Trinajstić information content (AvgIpc) is 3.10. The largest absolute Gasteiger partial charge is 0.417 e. The molecule has 0 saturated heterocycles. The number of nitrogens with one attached hydrogen (secondary N) is 2. The Morgan fingerprint density at radius 2 is 1.96 bits per heavy atom. The minimum absolute atomic E-state index is 0.0550. The van der Waals surface area contributed by atoms with Gasteiger partial charge in [0.25, 0.3) is 5.91 Å². The Labute approximate surface area is 140 Å². The van der Waals surface area contributed by atoms with Crippen LogP contribution in [0.1, 0.15) is 21.6 Å².